The van der Waals surface area contributed by atoms with Gasteiger partial charge in [-0.3, -0.25) is 4.79 Å². The number of halogens is 1. The quantitative estimate of drug-likeness (QED) is 0.845. The molecule has 1 atom stereocenters. The van der Waals surface area contributed by atoms with E-state index in [2.05, 4.69) is 5.32 Å². The van der Waals surface area contributed by atoms with Gasteiger partial charge in [-0.15, -0.1) is 11.3 Å². The lowest BCUT2D eigenvalue weighted by molar-refractivity contribution is -0.124. The molecule has 1 amide bonds. The molecule has 0 radical (unpaired) electrons. The maximum atomic E-state index is 11.9. The molecule has 1 aromatic carbocycles. The number of carbonyl (C=O) groups is 2. The zero-order chi connectivity index (χ0) is 16.1. The van der Waals surface area contributed by atoms with Crippen LogP contribution >= 0.6 is 22.9 Å². The van der Waals surface area contributed by atoms with Gasteiger partial charge in [-0.2, -0.15) is 0 Å². The van der Waals surface area contributed by atoms with E-state index >= 15 is 0 Å². The smallest absolute Gasteiger partial charge is 0.348 e. The molecule has 4 nitrogen and oxygen atoms in total. The van der Waals surface area contributed by atoms with Crippen LogP contribution in [-0.2, 0) is 9.53 Å². The van der Waals surface area contributed by atoms with E-state index in [-0.39, 0.29) is 18.6 Å². The van der Waals surface area contributed by atoms with Gasteiger partial charge in [0.1, 0.15) is 4.88 Å². The second-order valence-corrected chi connectivity index (χ2v) is 6.49. The zero-order valence-corrected chi connectivity index (χ0v) is 13.8. The van der Waals surface area contributed by atoms with Gasteiger partial charge >= 0.3 is 5.97 Å². The Morgan fingerprint density at radius 3 is 2.64 bits per heavy atom. The SMILES string of the molecule is Cc1ccc(C(=O)OCC(=O)N[C@@H](C)c2ccccc2Cl)s1. The van der Waals surface area contributed by atoms with Crippen molar-refractivity contribution in [3.63, 3.8) is 0 Å². The summed E-state index contributed by atoms with van der Waals surface area (Å²) in [5.41, 5.74) is 0.817. The molecule has 2 rings (SSSR count). The number of benzene rings is 1. The predicted octanol–water partition coefficient (Wildman–Crippen LogP) is 3.74. The first-order chi connectivity index (χ1) is 10.5. The molecule has 0 aliphatic heterocycles. The topological polar surface area (TPSA) is 55.4 Å². The number of hydrogen-bond acceptors (Lipinski definition) is 4. The van der Waals surface area contributed by atoms with Crippen molar-refractivity contribution in [1.82, 2.24) is 5.32 Å². The van der Waals surface area contributed by atoms with Crippen molar-refractivity contribution in [1.29, 1.82) is 0 Å². The molecule has 116 valence electrons. The Hall–Kier alpha value is -1.85. The van der Waals surface area contributed by atoms with Crippen LogP contribution in [0.2, 0.25) is 5.02 Å². The summed E-state index contributed by atoms with van der Waals surface area (Å²) in [7, 11) is 0. The molecule has 22 heavy (non-hydrogen) atoms. The van der Waals surface area contributed by atoms with E-state index in [1.807, 2.05) is 38.1 Å². The van der Waals surface area contributed by atoms with Crippen LogP contribution in [0.1, 0.15) is 33.1 Å². The lowest BCUT2D eigenvalue weighted by atomic mass is 10.1. The number of amides is 1. The van der Waals surface area contributed by atoms with Gasteiger partial charge in [-0.25, -0.2) is 4.79 Å². The van der Waals surface area contributed by atoms with E-state index in [0.29, 0.717) is 9.90 Å². The Morgan fingerprint density at radius 1 is 1.27 bits per heavy atom. The third-order valence-corrected chi connectivity index (χ3v) is 4.35. The number of thiophene rings is 1. The van der Waals surface area contributed by atoms with Crippen molar-refractivity contribution in [2.45, 2.75) is 19.9 Å². The molecule has 0 aliphatic carbocycles. The Balaban J connectivity index is 1.85. The molecular weight excluding hydrogens is 322 g/mol. The molecule has 0 unspecified atom stereocenters. The largest absolute Gasteiger partial charge is 0.451 e. The first-order valence-electron chi connectivity index (χ1n) is 6.74. The van der Waals surface area contributed by atoms with E-state index in [0.717, 1.165) is 10.4 Å². The Kier molecular flexibility index (Phi) is 5.57. The number of rotatable bonds is 5. The lowest BCUT2D eigenvalue weighted by Gasteiger charge is -2.15. The molecular formula is C16H16ClNO3S. The normalized spacial score (nSPS) is 11.8. The third-order valence-electron chi connectivity index (χ3n) is 3.03. The Bertz CT molecular complexity index is 684. The number of ether oxygens (including phenoxy) is 1. The van der Waals surface area contributed by atoms with Crippen LogP contribution in [0, 0.1) is 6.92 Å². The van der Waals surface area contributed by atoms with Gasteiger partial charge in [-0.1, -0.05) is 29.8 Å². The van der Waals surface area contributed by atoms with Crippen LogP contribution in [-0.4, -0.2) is 18.5 Å². The summed E-state index contributed by atoms with van der Waals surface area (Å²) in [5.74, 6) is -0.854. The minimum atomic E-state index is -0.487. The van der Waals surface area contributed by atoms with Crippen LogP contribution in [0.4, 0.5) is 0 Å². The summed E-state index contributed by atoms with van der Waals surface area (Å²) in [5, 5.41) is 3.34. The van der Waals surface area contributed by atoms with Crippen LogP contribution in [0.15, 0.2) is 36.4 Å². The van der Waals surface area contributed by atoms with Crippen LogP contribution in [0.5, 0.6) is 0 Å². The van der Waals surface area contributed by atoms with Gasteiger partial charge in [0.2, 0.25) is 0 Å². The van der Waals surface area contributed by atoms with Crippen molar-refractivity contribution < 1.29 is 14.3 Å². The fourth-order valence-corrected chi connectivity index (χ4v) is 2.99. The average Bonchev–Trinajstić information content (AvgIpc) is 2.91. The van der Waals surface area contributed by atoms with Crippen LogP contribution < -0.4 is 5.32 Å². The first-order valence-corrected chi connectivity index (χ1v) is 7.94. The fourth-order valence-electron chi connectivity index (χ4n) is 1.93. The highest BCUT2D eigenvalue weighted by molar-refractivity contribution is 7.13. The maximum absolute atomic E-state index is 11.9. The number of esters is 1. The van der Waals surface area contributed by atoms with Crippen LogP contribution in [0.3, 0.4) is 0 Å². The molecule has 0 aliphatic rings. The molecule has 6 heteroatoms. The second kappa shape index (κ2) is 7.42. The van der Waals surface area contributed by atoms with Crippen molar-refractivity contribution in [2.24, 2.45) is 0 Å². The molecule has 0 saturated carbocycles. The van der Waals surface area contributed by atoms with Gasteiger partial charge < -0.3 is 10.1 Å². The Morgan fingerprint density at radius 2 is 2.00 bits per heavy atom. The molecule has 1 heterocycles. The predicted molar refractivity (Wildman–Crippen MR) is 87.3 cm³/mol. The Labute approximate surface area is 138 Å². The van der Waals surface area contributed by atoms with Gasteiger partial charge in [0.15, 0.2) is 6.61 Å². The summed E-state index contributed by atoms with van der Waals surface area (Å²) in [6.45, 7) is 3.41. The monoisotopic (exact) mass is 337 g/mol. The second-order valence-electron chi connectivity index (χ2n) is 4.80. The summed E-state index contributed by atoms with van der Waals surface area (Å²) in [4.78, 5) is 25.1. The van der Waals surface area contributed by atoms with Crippen molar-refractivity contribution >= 4 is 34.8 Å². The van der Waals surface area contributed by atoms with Gasteiger partial charge in [0, 0.05) is 9.90 Å². The van der Waals surface area contributed by atoms with E-state index in [1.165, 1.54) is 11.3 Å². The number of nitrogens with one attached hydrogen (secondary N) is 1. The molecule has 1 aromatic heterocycles. The van der Waals surface area contributed by atoms with Crippen LogP contribution in [0.25, 0.3) is 0 Å². The highest BCUT2D eigenvalue weighted by atomic mass is 35.5. The van der Waals surface area contributed by atoms with E-state index in [1.54, 1.807) is 12.1 Å². The summed E-state index contributed by atoms with van der Waals surface area (Å²) >= 11 is 7.41. The number of aryl methyl sites for hydroxylation is 1. The summed E-state index contributed by atoms with van der Waals surface area (Å²) < 4.78 is 5.00. The van der Waals surface area contributed by atoms with Crippen molar-refractivity contribution in [3.05, 3.63) is 56.7 Å². The average molecular weight is 338 g/mol. The van der Waals surface area contributed by atoms with E-state index in [9.17, 15) is 9.59 Å². The van der Waals surface area contributed by atoms with Crippen molar-refractivity contribution in [3.8, 4) is 0 Å². The van der Waals surface area contributed by atoms with Gasteiger partial charge in [0.05, 0.1) is 6.04 Å². The summed E-state index contributed by atoms with van der Waals surface area (Å²) in [6.07, 6.45) is 0. The van der Waals surface area contributed by atoms with E-state index in [4.69, 9.17) is 16.3 Å². The zero-order valence-electron chi connectivity index (χ0n) is 12.3. The van der Waals surface area contributed by atoms with Gasteiger partial charge in [0.25, 0.3) is 5.91 Å². The molecule has 1 N–H and O–H groups in total. The minimum Gasteiger partial charge on any atom is -0.451 e. The number of hydrogen-bond donors (Lipinski definition) is 1. The van der Waals surface area contributed by atoms with E-state index < -0.39 is 5.97 Å². The minimum absolute atomic E-state index is 0.260. The fraction of sp³-hybridized carbons (Fsp3) is 0.250. The van der Waals surface area contributed by atoms with Crippen molar-refractivity contribution in [2.75, 3.05) is 6.61 Å². The highest BCUT2D eigenvalue weighted by Crippen LogP contribution is 2.22. The standard InChI is InChI=1S/C16H16ClNO3S/c1-10-7-8-14(22-10)16(20)21-9-15(19)18-11(2)12-5-3-4-6-13(12)17/h3-8,11H,9H2,1-2H3,(H,18,19)/t11-/m0/s1. The molecule has 2 aromatic rings. The molecule has 0 spiro atoms. The molecule has 0 fully saturated rings. The highest BCUT2D eigenvalue weighted by Gasteiger charge is 2.15. The first kappa shape index (κ1) is 16.5. The maximum Gasteiger partial charge on any atom is 0.348 e. The molecule has 0 bridgehead atoms. The third kappa shape index (κ3) is 4.32. The summed E-state index contributed by atoms with van der Waals surface area (Å²) in [6, 6.07) is 10.5. The molecule has 0 saturated heterocycles. The van der Waals surface area contributed by atoms with Gasteiger partial charge in [-0.05, 0) is 37.6 Å². The lowest BCUT2D eigenvalue weighted by Crippen LogP contribution is -2.31. The number of carbonyl (C=O) groups excluding carboxylic acids is 2.